The molecule has 1 aromatic carbocycles. The Balaban J connectivity index is 2.33. The molecule has 20 heavy (non-hydrogen) atoms. The van der Waals surface area contributed by atoms with Crippen molar-refractivity contribution in [3.8, 4) is 0 Å². The molecule has 0 fully saturated rings. The van der Waals surface area contributed by atoms with E-state index in [1.807, 2.05) is 30.3 Å². The third-order valence-corrected chi connectivity index (χ3v) is 2.93. The fourth-order valence-corrected chi connectivity index (χ4v) is 1.92. The molecule has 0 aliphatic carbocycles. The molecule has 0 spiro atoms. The van der Waals surface area contributed by atoms with Crippen molar-refractivity contribution in [2.45, 2.75) is 38.5 Å². The van der Waals surface area contributed by atoms with Crippen LogP contribution in [0.1, 0.15) is 31.7 Å². The highest BCUT2D eigenvalue weighted by atomic mass is 16.4. The van der Waals surface area contributed by atoms with Gasteiger partial charge in [0.2, 0.25) is 5.91 Å². The van der Waals surface area contributed by atoms with Gasteiger partial charge < -0.3 is 15.4 Å². The summed E-state index contributed by atoms with van der Waals surface area (Å²) in [5.41, 5.74) is 1.16. The third kappa shape index (κ3) is 6.49. The molecule has 3 N–H and O–H groups in total. The van der Waals surface area contributed by atoms with Gasteiger partial charge in [-0.05, 0) is 25.3 Å². The summed E-state index contributed by atoms with van der Waals surface area (Å²) in [4.78, 5) is 22.7. The molecule has 5 nitrogen and oxygen atoms in total. The summed E-state index contributed by atoms with van der Waals surface area (Å²) in [6.45, 7) is 1.34. The van der Waals surface area contributed by atoms with Crippen LogP contribution in [0, 0.1) is 0 Å². The van der Waals surface area contributed by atoms with Gasteiger partial charge in [-0.1, -0.05) is 30.3 Å². The zero-order chi connectivity index (χ0) is 15.0. The summed E-state index contributed by atoms with van der Waals surface area (Å²) in [5, 5.41) is 20.7. The van der Waals surface area contributed by atoms with Crippen molar-refractivity contribution < 1.29 is 19.6 Å². The molecule has 1 rings (SSSR count). The Hall–Kier alpha value is -1.66. The Morgan fingerprint density at radius 1 is 1.25 bits per heavy atom. The second-order valence-corrected chi connectivity index (χ2v) is 4.83. The van der Waals surface area contributed by atoms with Gasteiger partial charge in [-0.2, -0.15) is 0 Å². The molecule has 0 heterocycles. The quantitative estimate of drug-likeness (QED) is 0.603. The number of ketones is 1. The summed E-state index contributed by atoms with van der Waals surface area (Å²) < 4.78 is 0. The topological polar surface area (TPSA) is 86.6 Å². The Morgan fingerprint density at radius 3 is 2.45 bits per heavy atom. The highest BCUT2D eigenvalue weighted by molar-refractivity contribution is 6.44. The van der Waals surface area contributed by atoms with E-state index in [0.29, 0.717) is 6.42 Å². The Bertz CT molecular complexity index is 436. The van der Waals surface area contributed by atoms with Gasteiger partial charge in [-0.3, -0.25) is 9.59 Å². The average molecular weight is 277 g/mol. The van der Waals surface area contributed by atoms with Crippen LogP contribution in [0.4, 0.5) is 0 Å². The number of Topliss-reactive ketones (excluding diaryl/α,β-unsaturated/α-hetero) is 1. The Kier molecular flexibility index (Phi) is 6.97. The van der Waals surface area contributed by atoms with Crippen LogP contribution in [0.25, 0.3) is 0 Å². The first-order valence-electron chi connectivity index (χ1n) is 6.68. The first-order chi connectivity index (χ1) is 9.49. The standard InChI is InChI=1S/C14H20BNO4/c1-11(17)10-13(15(19)20)16-14(18)9-5-8-12-6-3-2-4-7-12/h2-4,6-7,13,19-20H,5,8-10H2,1H3,(H,16,18)/t13-/m0/s1. The monoisotopic (exact) mass is 277 g/mol. The van der Waals surface area contributed by atoms with Crippen molar-refractivity contribution >= 4 is 18.8 Å². The molecule has 1 atom stereocenters. The molecular formula is C14H20BNO4. The van der Waals surface area contributed by atoms with Crippen LogP contribution in [0.15, 0.2) is 30.3 Å². The summed E-state index contributed by atoms with van der Waals surface area (Å²) in [6, 6.07) is 9.81. The van der Waals surface area contributed by atoms with Crippen molar-refractivity contribution in [3.05, 3.63) is 35.9 Å². The molecule has 0 saturated carbocycles. The van der Waals surface area contributed by atoms with E-state index in [-0.39, 0.29) is 24.5 Å². The lowest BCUT2D eigenvalue weighted by molar-refractivity contribution is -0.122. The van der Waals surface area contributed by atoms with Crippen molar-refractivity contribution in [1.29, 1.82) is 0 Å². The van der Waals surface area contributed by atoms with Gasteiger partial charge in [0.1, 0.15) is 5.78 Å². The van der Waals surface area contributed by atoms with Gasteiger partial charge >= 0.3 is 7.12 Å². The van der Waals surface area contributed by atoms with E-state index >= 15 is 0 Å². The second-order valence-electron chi connectivity index (χ2n) is 4.83. The maximum Gasteiger partial charge on any atom is 0.475 e. The smallest absolute Gasteiger partial charge is 0.426 e. The lowest BCUT2D eigenvalue weighted by atomic mass is 9.76. The molecule has 0 aliphatic heterocycles. The number of hydrogen-bond acceptors (Lipinski definition) is 4. The van der Waals surface area contributed by atoms with Gasteiger partial charge in [0.25, 0.3) is 0 Å². The second kappa shape index (κ2) is 8.50. The minimum Gasteiger partial charge on any atom is -0.426 e. The normalized spacial score (nSPS) is 11.8. The summed E-state index contributed by atoms with van der Waals surface area (Å²) >= 11 is 0. The Morgan fingerprint density at radius 2 is 1.90 bits per heavy atom. The first-order valence-corrected chi connectivity index (χ1v) is 6.68. The maximum absolute atomic E-state index is 11.7. The number of carbonyl (C=O) groups excluding carboxylic acids is 2. The number of aryl methyl sites for hydroxylation is 1. The van der Waals surface area contributed by atoms with Gasteiger partial charge in [0.05, 0.1) is 5.94 Å². The van der Waals surface area contributed by atoms with Crippen molar-refractivity contribution in [2.75, 3.05) is 0 Å². The van der Waals surface area contributed by atoms with Crippen LogP contribution in [-0.4, -0.2) is 34.8 Å². The van der Waals surface area contributed by atoms with E-state index in [0.717, 1.165) is 12.0 Å². The highest BCUT2D eigenvalue weighted by Crippen LogP contribution is 2.05. The fraction of sp³-hybridized carbons (Fsp3) is 0.429. The molecule has 0 radical (unpaired) electrons. The number of hydrogen-bond donors (Lipinski definition) is 3. The van der Waals surface area contributed by atoms with E-state index in [2.05, 4.69) is 5.32 Å². The van der Waals surface area contributed by atoms with Gasteiger partial charge in [-0.15, -0.1) is 0 Å². The predicted octanol–water partition coefficient (Wildman–Crippen LogP) is 0.485. The molecule has 0 aliphatic rings. The molecule has 108 valence electrons. The van der Waals surface area contributed by atoms with Crippen LogP contribution >= 0.6 is 0 Å². The number of nitrogens with one attached hydrogen (secondary N) is 1. The zero-order valence-electron chi connectivity index (χ0n) is 11.6. The van der Waals surface area contributed by atoms with Crippen molar-refractivity contribution in [3.63, 3.8) is 0 Å². The SMILES string of the molecule is CC(=O)C[C@H](NC(=O)CCCc1ccccc1)B(O)O. The zero-order valence-corrected chi connectivity index (χ0v) is 11.6. The van der Waals surface area contributed by atoms with E-state index in [1.165, 1.54) is 6.92 Å². The number of benzene rings is 1. The highest BCUT2D eigenvalue weighted by Gasteiger charge is 2.26. The number of amides is 1. The Labute approximate surface area is 119 Å². The molecule has 0 bridgehead atoms. The summed E-state index contributed by atoms with van der Waals surface area (Å²) in [6.07, 6.45) is 1.66. The van der Waals surface area contributed by atoms with Crippen LogP contribution in [0.3, 0.4) is 0 Å². The first kappa shape index (κ1) is 16.4. The number of rotatable bonds is 8. The van der Waals surface area contributed by atoms with E-state index in [1.54, 1.807) is 0 Å². The molecule has 0 unspecified atom stereocenters. The summed E-state index contributed by atoms with van der Waals surface area (Å²) in [7, 11) is -1.73. The molecular weight excluding hydrogens is 257 g/mol. The van der Waals surface area contributed by atoms with Crippen molar-refractivity contribution in [1.82, 2.24) is 5.32 Å². The molecule has 0 saturated heterocycles. The summed E-state index contributed by atoms with van der Waals surface area (Å²) in [5.74, 6) is -1.41. The largest absolute Gasteiger partial charge is 0.475 e. The maximum atomic E-state index is 11.7. The van der Waals surface area contributed by atoms with Crippen LogP contribution in [-0.2, 0) is 16.0 Å². The van der Waals surface area contributed by atoms with Crippen LogP contribution in [0.2, 0.25) is 0 Å². The predicted molar refractivity (Wildman–Crippen MR) is 76.8 cm³/mol. The fourth-order valence-electron chi connectivity index (χ4n) is 1.92. The molecule has 0 aromatic heterocycles. The minimum absolute atomic E-state index is 0.0813. The van der Waals surface area contributed by atoms with E-state index in [4.69, 9.17) is 10.0 Å². The van der Waals surface area contributed by atoms with E-state index < -0.39 is 13.1 Å². The molecule has 1 aromatic rings. The molecule has 1 amide bonds. The van der Waals surface area contributed by atoms with Crippen molar-refractivity contribution in [2.24, 2.45) is 0 Å². The average Bonchev–Trinajstić information content (AvgIpc) is 2.38. The van der Waals surface area contributed by atoms with Gasteiger partial charge in [0.15, 0.2) is 0 Å². The number of carbonyl (C=O) groups is 2. The van der Waals surface area contributed by atoms with Gasteiger partial charge in [-0.25, -0.2) is 0 Å². The lowest BCUT2D eigenvalue weighted by Gasteiger charge is -2.16. The van der Waals surface area contributed by atoms with E-state index in [9.17, 15) is 9.59 Å². The third-order valence-electron chi connectivity index (χ3n) is 2.93. The minimum atomic E-state index is -1.73. The molecule has 6 heteroatoms. The van der Waals surface area contributed by atoms with Gasteiger partial charge in [0, 0.05) is 12.8 Å². The van der Waals surface area contributed by atoms with Crippen LogP contribution < -0.4 is 5.32 Å². The lowest BCUT2D eigenvalue weighted by Crippen LogP contribution is -2.47. The van der Waals surface area contributed by atoms with Crippen LogP contribution in [0.5, 0.6) is 0 Å².